The van der Waals surface area contributed by atoms with Crippen LogP contribution in [0.5, 0.6) is 5.75 Å². The van der Waals surface area contributed by atoms with E-state index in [4.69, 9.17) is 10.5 Å². The Morgan fingerprint density at radius 1 is 1.56 bits per heavy atom. The smallest absolute Gasteiger partial charge is 0.178 e. The van der Waals surface area contributed by atoms with E-state index in [1.165, 1.54) is 11.3 Å². The monoisotopic (exact) mass is 268 g/mol. The summed E-state index contributed by atoms with van der Waals surface area (Å²) in [4.78, 5) is 12.7. The molecule has 1 aromatic rings. The highest BCUT2D eigenvalue weighted by Crippen LogP contribution is 2.45. The molecule has 4 nitrogen and oxygen atoms in total. The molecule has 0 aromatic carbocycles. The van der Waals surface area contributed by atoms with E-state index in [2.05, 4.69) is 12.2 Å². The van der Waals surface area contributed by atoms with Crippen molar-refractivity contribution in [1.29, 1.82) is 0 Å². The molecule has 0 radical (unpaired) electrons. The van der Waals surface area contributed by atoms with Gasteiger partial charge in [0.15, 0.2) is 11.5 Å². The second kappa shape index (κ2) is 5.61. The Balaban J connectivity index is 2.17. The average Bonchev–Trinajstić information content (AvgIpc) is 3.15. The van der Waals surface area contributed by atoms with Crippen LogP contribution in [-0.4, -0.2) is 19.4 Å². The fraction of sp³-hybridized carbons (Fsp3) is 0.615. The lowest BCUT2D eigenvalue weighted by Gasteiger charge is -2.05. The number of rotatable bonds is 7. The van der Waals surface area contributed by atoms with E-state index in [-0.39, 0.29) is 11.7 Å². The first kappa shape index (κ1) is 13.2. The first-order valence-corrected chi connectivity index (χ1v) is 7.25. The number of nitrogens with two attached hydrogens (primary N) is 1. The van der Waals surface area contributed by atoms with Gasteiger partial charge in [-0.2, -0.15) is 0 Å². The summed E-state index contributed by atoms with van der Waals surface area (Å²) in [6.45, 7) is 3.02. The van der Waals surface area contributed by atoms with E-state index >= 15 is 0 Å². The van der Waals surface area contributed by atoms with Gasteiger partial charge in [0, 0.05) is 12.5 Å². The van der Waals surface area contributed by atoms with Crippen LogP contribution in [0, 0.1) is 5.92 Å². The van der Waals surface area contributed by atoms with E-state index in [1.54, 1.807) is 7.11 Å². The van der Waals surface area contributed by atoms with Gasteiger partial charge in [-0.1, -0.05) is 13.3 Å². The van der Waals surface area contributed by atoms with Gasteiger partial charge in [0.1, 0.15) is 5.00 Å². The number of ether oxygens (including phenoxy) is 1. The van der Waals surface area contributed by atoms with Crippen molar-refractivity contribution in [2.75, 3.05) is 24.7 Å². The third kappa shape index (κ3) is 2.61. The number of nitrogens with one attached hydrogen (secondary N) is 1. The Bertz CT molecular complexity index is 438. The summed E-state index contributed by atoms with van der Waals surface area (Å²) >= 11 is 1.43. The molecule has 1 aliphatic rings. The summed E-state index contributed by atoms with van der Waals surface area (Å²) < 4.78 is 5.31. The highest BCUT2D eigenvalue weighted by Gasteiger charge is 2.34. The van der Waals surface area contributed by atoms with Crippen LogP contribution < -0.4 is 15.8 Å². The van der Waals surface area contributed by atoms with Crippen molar-refractivity contribution in [2.24, 2.45) is 5.92 Å². The summed E-state index contributed by atoms with van der Waals surface area (Å²) in [5.74, 6) is 0.999. The number of hydrogen-bond donors (Lipinski definition) is 2. The molecule has 3 N–H and O–H groups in total. The van der Waals surface area contributed by atoms with Crippen molar-refractivity contribution >= 4 is 27.8 Å². The molecule has 5 heteroatoms. The van der Waals surface area contributed by atoms with Crippen LogP contribution in [0.3, 0.4) is 0 Å². The third-order valence-corrected chi connectivity index (χ3v) is 4.25. The van der Waals surface area contributed by atoms with E-state index < -0.39 is 0 Å². The number of Topliss-reactive ketones (excluding diaryl/α,β-unsaturated/α-hetero) is 1. The number of carbonyl (C=O) groups is 1. The molecular weight excluding hydrogens is 248 g/mol. The fourth-order valence-electron chi connectivity index (χ4n) is 1.84. The Kier molecular flexibility index (Phi) is 4.11. The van der Waals surface area contributed by atoms with Gasteiger partial charge in [0.2, 0.25) is 0 Å². The number of thiophene rings is 1. The number of hydrogen-bond acceptors (Lipinski definition) is 5. The molecule has 0 bridgehead atoms. The second-order valence-corrected chi connectivity index (χ2v) is 5.65. The van der Waals surface area contributed by atoms with Crippen LogP contribution in [0.2, 0.25) is 0 Å². The molecule has 18 heavy (non-hydrogen) atoms. The lowest BCUT2D eigenvalue weighted by Crippen LogP contribution is -2.02. The Morgan fingerprint density at radius 2 is 2.28 bits per heavy atom. The number of nitrogen functional groups attached to an aromatic ring is 1. The maximum absolute atomic E-state index is 12.1. The minimum absolute atomic E-state index is 0.180. The van der Waals surface area contributed by atoms with Gasteiger partial charge in [0.05, 0.1) is 17.7 Å². The summed E-state index contributed by atoms with van der Waals surface area (Å²) in [7, 11) is 1.59. The minimum atomic E-state index is 0.180. The van der Waals surface area contributed by atoms with Crippen LogP contribution >= 0.6 is 11.3 Å². The summed E-state index contributed by atoms with van der Waals surface area (Å²) in [5, 5.41) is 4.18. The van der Waals surface area contributed by atoms with E-state index in [9.17, 15) is 4.79 Å². The molecule has 1 aliphatic carbocycles. The molecule has 0 spiro atoms. The third-order valence-electron chi connectivity index (χ3n) is 3.09. The standard InChI is InChI=1S/C13H20N2O2S/c1-3-4-7-15-13-11(17-2)9(14)12(18-13)10(16)8-5-6-8/h8,15H,3-7,14H2,1-2H3. The van der Waals surface area contributed by atoms with Gasteiger partial charge in [-0.3, -0.25) is 4.79 Å². The normalized spacial score (nSPS) is 14.6. The Labute approximate surface area is 112 Å². The molecule has 1 saturated carbocycles. The first-order valence-electron chi connectivity index (χ1n) is 6.43. The van der Waals surface area contributed by atoms with Gasteiger partial charge in [0.25, 0.3) is 0 Å². The molecule has 100 valence electrons. The van der Waals surface area contributed by atoms with Crippen LogP contribution in [0.4, 0.5) is 10.7 Å². The summed E-state index contributed by atoms with van der Waals surface area (Å²) in [5.41, 5.74) is 6.51. The number of ketones is 1. The topological polar surface area (TPSA) is 64.4 Å². The zero-order valence-corrected chi connectivity index (χ0v) is 11.7. The van der Waals surface area contributed by atoms with Crippen LogP contribution in [-0.2, 0) is 0 Å². The van der Waals surface area contributed by atoms with Crippen molar-refractivity contribution in [3.8, 4) is 5.75 Å². The highest BCUT2D eigenvalue weighted by atomic mass is 32.1. The van der Waals surface area contributed by atoms with Crippen LogP contribution in [0.15, 0.2) is 0 Å². The van der Waals surface area contributed by atoms with Crippen molar-refractivity contribution in [3.63, 3.8) is 0 Å². The SMILES string of the molecule is CCCCNc1sc(C(=O)C2CC2)c(N)c1OC. The highest BCUT2D eigenvalue weighted by molar-refractivity contribution is 7.19. The molecule has 0 unspecified atom stereocenters. The van der Waals surface area contributed by atoms with Crippen molar-refractivity contribution in [3.05, 3.63) is 4.88 Å². The lowest BCUT2D eigenvalue weighted by atomic mass is 10.2. The van der Waals surface area contributed by atoms with Gasteiger partial charge >= 0.3 is 0 Å². The van der Waals surface area contributed by atoms with Crippen molar-refractivity contribution < 1.29 is 9.53 Å². The van der Waals surface area contributed by atoms with Crippen LogP contribution in [0.1, 0.15) is 42.3 Å². The molecule has 2 rings (SSSR count). The molecule has 1 aromatic heterocycles. The molecular formula is C13H20N2O2S. The van der Waals surface area contributed by atoms with Gasteiger partial charge in [-0.15, -0.1) is 11.3 Å². The molecule has 0 atom stereocenters. The Morgan fingerprint density at radius 3 is 2.83 bits per heavy atom. The molecule has 0 amide bonds. The van der Waals surface area contributed by atoms with E-state index in [0.717, 1.165) is 37.2 Å². The zero-order chi connectivity index (χ0) is 13.1. The number of methoxy groups -OCH3 is 1. The average molecular weight is 268 g/mol. The number of carbonyl (C=O) groups excluding carboxylic acids is 1. The minimum Gasteiger partial charge on any atom is -0.492 e. The van der Waals surface area contributed by atoms with Gasteiger partial charge in [-0.25, -0.2) is 0 Å². The molecule has 1 heterocycles. The maximum Gasteiger partial charge on any atom is 0.178 e. The van der Waals surface area contributed by atoms with Gasteiger partial charge < -0.3 is 15.8 Å². The molecule has 0 saturated heterocycles. The molecule has 0 aliphatic heterocycles. The van der Waals surface area contributed by atoms with E-state index in [1.807, 2.05) is 0 Å². The predicted octanol–water partition coefficient (Wildman–Crippen LogP) is 3.14. The summed E-state index contributed by atoms with van der Waals surface area (Å²) in [6.07, 6.45) is 4.21. The molecule has 1 fully saturated rings. The van der Waals surface area contributed by atoms with Gasteiger partial charge in [-0.05, 0) is 19.3 Å². The summed E-state index contributed by atoms with van der Waals surface area (Å²) in [6, 6.07) is 0. The lowest BCUT2D eigenvalue weighted by molar-refractivity contribution is 0.0972. The van der Waals surface area contributed by atoms with Crippen molar-refractivity contribution in [2.45, 2.75) is 32.6 Å². The zero-order valence-electron chi connectivity index (χ0n) is 10.9. The van der Waals surface area contributed by atoms with Crippen molar-refractivity contribution in [1.82, 2.24) is 0 Å². The second-order valence-electron chi connectivity index (χ2n) is 4.63. The predicted molar refractivity (Wildman–Crippen MR) is 75.7 cm³/mol. The van der Waals surface area contributed by atoms with Crippen LogP contribution in [0.25, 0.3) is 0 Å². The number of unbranched alkanes of at least 4 members (excludes halogenated alkanes) is 1. The van der Waals surface area contributed by atoms with E-state index in [0.29, 0.717) is 16.3 Å². The first-order chi connectivity index (χ1) is 8.69. The largest absolute Gasteiger partial charge is 0.492 e. The quantitative estimate of drug-likeness (QED) is 0.589. The maximum atomic E-state index is 12.1. The fourth-order valence-corrected chi connectivity index (χ4v) is 2.97. The number of anilines is 2. The Hall–Kier alpha value is -1.23.